The second-order valence-corrected chi connectivity index (χ2v) is 8.18. The van der Waals surface area contributed by atoms with Crippen LogP contribution in [0.3, 0.4) is 0 Å². The Morgan fingerprint density at radius 2 is 1.91 bits per heavy atom. The van der Waals surface area contributed by atoms with Gasteiger partial charge in [0.15, 0.2) is 17.5 Å². The number of morpholine rings is 1. The molecule has 0 aliphatic carbocycles. The molecule has 0 radical (unpaired) electrons. The van der Waals surface area contributed by atoms with E-state index in [-0.39, 0.29) is 36.1 Å². The molecule has 0 saturated carbocycles. The minimum Gasteiger partial charge on any atom is -0.493 e. The number of methoxy groups -OCH3 is 2. The van der Waals surface area contributed by atoms with Gasteiger partial charge in [-0.2, -0.15) is 0 Å². The van der Waals surface area contributed by atoms with Crippen LogP contribution in [-0.4, -0.2) is 77.4 Å². The quantitative estimate of drug-likeness (QED) is 0.311. The molecule has 0 bridgehead atoms. The highest BCUT2D eigenvalue weighted by Gasteiger charge is 2.26. The number of aliphatic imine (C=N–C) groups is 1. The van der Waals surface area contributed by atoms with E-state index in [0.717, 1.165) is 36.1 Å². The molecule has 1 N–H and O–H groups in total. The van der Waals surface area contributed by atoms with Crippen molar-refractivity contribution in [2.75, 3.05) is 61.6 Å². The van der Waals surface area contributed by atoms with Crippen molar-refractivity contribution in [2.45, 2.75) is 19.1 Å². The molecule has 2 unspecified atom stereocenters. The van der Waals surface area contributed by atoms with Crippen molar-refractivity contribution in [3.05, 3.63) is 59.2 Å². The van der Waals surface area contributed by atoms with Crippen molar-refractivity contribution < 1.29 is 14.2 Å². The van der Waals surface area contributed by atoms with Gasteiger partial charge in [0.05, 0.1) is 33.4 Å². The van der Waals surface area contributed by atoms with E-state index >= 15 is 0 Å². The maximum absolute atomic E-state index is 6.09. The second-order valence-electron chi connectivity index (χ2n) is 8.18. The number of ether oxygens (including phenoxy) is 3. The third-order valence-electron chi connectivity index (χ3n) is 5.98. The lowest BCUT2D eigenvalue weighted by molar-refractivity contribution is -0.00839. The molecule has 2 atom stereocenters. The predicted octanol–water partition coefficient (Wildman–Crippen LogP) is 3.88. The first kappa shape index (κ1) is 27.2. The van der Waals surface area contributed by atoms with E-state index in [9.17, 15) is 0 Å². The minimum absolute atomic E-state index is 0. The van der Waals surface area contributed by atoms with E-state index < -0.39 is 0 Å². The Kier molecular flexibility index (Phi) is 10.7. The van der Waals surface area contributed by atoms with Gasteiger partial charge >= 0.3 is 0 Å². The number of rotatable bonds is 7. The smallest absolute Gasteiger partial charge is 0.193 e. The zero-order valence-corrected chi connectivity index (χ0v) is 22.8. The summed E-state index contributed by atoms with van der Waals surface area (Å²) in [5.41, 5.74) is 3.64. The zero-order chi connectivity index (χ0) is 23.1. The normalized spacial score (nSPS) is 17.4. The lowest BCUT2D eigenvalue weighted by atomic mass is 10.0. The van der Waals surface area contributed by atoms with Crippen LogP contribution in [0.5, 0.6) is 11.5 Å². The molecule has 2 aromatic carbocycles. The number of halogens is 1. The summed E-state index contributed by atoms with van der Waals surface area (Å²) in [6, 6.07) is 14.6. The number of nitrogens with one attached hydrogen (secondary N) is 1. The summed E-state index contributed by atoms with van der Waals surface area (Å²) in [6.45, 7) is 5.10. The van der Waals surface area contributed by atoms with Crippen molar-refractivity contribution in [2.24, 2.45) is 4.99 Å². The van der Waals surface area contributed by atoms with Crippen LogP contribution in [0, 0.1) is 6.92 Å². The predicted molar refractivity (Wildman–Crippen MR) is 144 cm³/mol. The number of hydrogen-bond donors (Lipinski definition) is 1. The van der Waals surface area contributed by atoms with Crippen LogP contribution in [0.2, 0.25) is 0 Å². The van der Waals surface area contributed by atoms with Crippen LogP contribution in [0.15, 0.2) is 47.5 Å². The monoisotopic (exact) mass is 568 g/mol. The Hall–Kier alpha value is -2.04. The Labute approximate surface area is 215 Å². The van der Waals surface area contributed by atoms with Crippen molar-refractivity contribution in [1.29, 1.82) is 0 Å². The fourth-order valence-electron chi connectivity index (χ4n) is 4.16. The van der Waals surface area contributed by atoms with Crippen molar-refractivity contribution in [1.82, 2.24) is 15.1 Å². The lowest BCUT2D eigenvalue weighted by Crippen LogP contribution is -2.49. The average Bonchev–Trinajstić information content (AvgIpc) is 2.81. The average molecular weight is 569 g/mol. The van der Waals surface area contributed by atoms with Gasteiger partial charge in [0.25, 0.3) is 0 Å². The number of likely N-dealkylation sites (N-methyl/N-ethyl adjacent to an activating group) is 1. The van der Waals surface area contributed by atoms with Crippen LogP contribution in [0.1, 0.15) is 28.8 Å². The molecule has 3 rings (SSSR count). The number of guanidine groups is 1. The molecule has 182 valence electrons. The van der Waals surface area contributed by atoms with Crippen LogP contribution < -0.4 is 14.8 Å². The first-order chi connectivity index (χ1) is 15.5. The molecule has 1 heterocycles. The minimum atomic E-state index is 0. The highest BCUT2D eigenvalue weighted by molar-refractivity contribution is 14.0. The summed E-state index contributed by atoms with van der Waals surface area (Å²) in [4.78, 5) is 9.03. The fourth-order valence-corrected chi connectivity index (χ4v) is 4.16. The van der Waals surface area contributed by atoms with Gasteiger partial charge in [0.1, 0.15) is 6.10 Å². The van der Waals surface area contributed by atoms with Crippen LogP contribution in [0.25, 0.3) is 0 Å². The highest BCUT2D eigenvalue weighted by atomic mass is 127. The highest BCUT2D eigenvalue weighted by Crippen LogP contribution is 2.31. The largest absolute Gasteiger partial charge is 0.493 e. The van der Waals surface area contributed by atoms with E-state index in [2.05, 4.69) is 71.5 Å². The van der Waals surface area contributed by atoms with Gasteiger partial charge in [-0.25, -0.2) is 0 Å². The van der Waals surface area contributed by atoms with E-state index in [0.29, 0.717) is 13.2 Å². The molecule has 1 fully saturated rings. The van der Waals surface area contributed by atoms with Gasteiger partial charge in [-0.05, 0) is 49.8 Å². The number of hydrogen-bond acceptors (Lipinski definition) is 5. The number of nitrogens with zero attached hydrogens (tertiary/aromatic N) is 3. The zero-order valence-electron chi connectivity index (χ0n) is 20.5. The Morgan fingerprint density at radius 3 is 2.55 bits per heavy atom. The van der Waals surface area contributed by atoms with Gasteiger partial charge in [-0.15, -0.1) is 24.0 Å². The third kappa shape index (κ3) is 6.74. The summed E-state index contributed by atoms with van der Waals surface area (Å²) in [6.07, 6.45) is 0.0407. The van der Waals surface area contributed by atoms with Crippen molar-refractivity contribution >= 4 is 29.9 Å². The standard InChI is InChI=1S/C25H36N4O3.HI/c1-18-9-7-8-10-20(18)24-17-29(13-14-32-24)25(26-2)27-16-21(28(3)4)19-11-12-22(30-5)23(15-19)31-6;/h7-12,15,21,24H,13-14,16-17H2,1-6H3,(H,26,27);1H. The second kappa shape index (κ2) is 13.0. The van der Waals surface area contributed by atoms with Gasteiger partial charge in [0, 0.05) is 20.1 Å². The number of benzene rings is 2. The van der Waals surface area contributed by atoms with Gasteiger partial charge in [-0.1, -0.05) is 30.3 Å². The summed E-state index contributed by atoms with van der Waals surface area (Å²) in [5, 5.41) is 3.58. The molecule has 1 aliphatic heterocycles. The summed E-state index contributed by atoms with van der Waals surface area (Å²) < 4.78 is 17.0. The van der Waals surface area contributed by atoms with Crippen molar-refractivity contribution in [3.8, 4) is 11.5 Å². The topological polar surface area (TPSA) is 58.6 Å². The molecule has 1 saturated heterocycles. The molecule has 33 heavy (non-hydrogen) atoms. The van der Waals surface area contributed by atoms with Gasteiger partial charge < -0.3 is 29.3 Å². The lowest BCUT2D eigenvalue weighted by Gasteiger charge is -2.36. The Bertz CT molecular complexity index is 922. The summed E-state index contributed by atoms with van der Waals surface area (Å²) in [5.74, 6) is 2.35. The first-order valence-corrected chi connectivity index (χ1v) is 11.0. The molecule has 7 nitrogen and oxygen atoms in total. The fraction of sp³-hybridized carbons (Fsp3) is 0.480. The maximum Gasteiger partial charge on any atom is 0.193 e. The molecule has 0 aromatic heterocycles. The third-order valence-corrected chi connectivity index (χ3v) is 5.98. The molecule has 1 aliphatic rings. The van der Waals surface area contributed by atoms with Crippen LogP contribution >= 0.6 is 24.0 Å². The van der Waals surface area contributed by atoms with Crippen LogP contribution in [0.4, 0.5) is 0 Å². The SMILES string of the molecule is CN=C(NCC(c1ccc(OC)c(OC)c1)N(C)C)N1CCOC(c2ccccc2C)C1.I. The molecular weight excluding hydrogens is 531 g/mol. The summed E-state index contributed by atoms with van der Waals surface area (Å²) >= 11 is 0. The molecule has 0 amide bonds. The van der Waals surface area contributed by atoms with E-state index in [1.165, 1.54) is 11.1 Å². The molecule has 8 heteroatoms. The van der Waals surface area contributed by atoms with Gasteiger partial charge in [-0.3, -0.25) is 4.99 Å². The maximum atomic E-state index is 6.09. The molecular formula is C25H37IN4O3. The molecule has 2 aromatic rings. The first-order valence-electron chi connectivity index (χ1n) is 11.0. The van der Waals surface area contributed by atoms with E-state index in [1.54, 1.807) is 14.2 Å². The Morgan fingerprint density at radius 1 is 1.18 bits per heavy atom. The summed E-state index contributed by atoms with van der Waals surface area (Å²) in [7, 11) is 9.31. The van der Waals surface area contributed by atoms with Gasteiger partial charge in [0.2, 0.25) is 0 Å². The van der Waals surface area contributed by atoms with Crippen molar-refractivity contribution in [3.63, 3.8) is 0 Å². The molecule has 0 spiro atoms. The Balaban J connectivity index is 0.00000385. The van der Waals surface area contributed by atoms with Crippen LogP contribution in [-0.2, 0) is 4.74 Å². The number of aryl methyl sites for hydroxylation is 1. The van der Waals surface area contributed by atoms with E-state index in [4.69, 9.17) is 14.2 Å². The van der Waals surface area contributed by atoms with E-state index in [1.807, 2.05) is 19.2 Å².